The number of nitrogens with one attached hydrogen (secondary N) is 1. The van der Waals surface area contributed by atoms with Crippen molar-refractivity contribution < 1.29 is 18.9 Å². The molecule has 8 heteroatoms. The summed E-state index contributed by atoms with van der Waals surface area (Å²) in [5, 5.41) is 3.66. The normalized spacial score (nSPS) is 13.2. The Balaban J connectivity index is 0.00000360. The molecular formula is C49H62Cl2N2O4. The summed E-state index contributed by atoms with van der Waals surface area (Å²) in [4.78, 5) is 2.76. The van der Waals surface area contributed by atoms with Crippen LogP contribution in [0.1, 0.15) is 78.8 Å². The summed E-state index contributed by atoms with van der Waals surface area (Å²) in [6.45, 7) is 8.24. The van der Waals surface area contributed by atoms with Gasteiger partial charge in [0.1, 0.15) is 19.8 Å². The Morgan fingerprint density at radius 2 is 1.19 bits per heavy atom. The summed E-state index contributed by atoms with van der Waals surface area (Å²) in [5.41, 5.74) is 7.46. The lowest BCUT2D eigenvalue weighted by Gasteiger charge is -2.36. The number of fused-ring (bicyclic) bond motifs is 1. The van der Waals surface area contributed by atoms with Crippen molar-refractivity contribution >= 4 is 24.8 Å². The van der Waals surface area contributed by atoms with Gasteiger partial charge < -0.3 is 29.2 Å². The highest BCUT2D eigenvalue weighted by atomic mass is 35.5. The van der Waals surface area contributed by atoms with E-state index in [1.54, 1.807) is 7.11 Å². The van der Waals surface area contributed by atoms with Crippen molar-refractivity contribution in [1.82, 2.24) is 10.2 Å². The van der Waals surface area contributed by atoms with E-state index in [-0.39, 0.29) is 24.8 Å². The topological polar surface area (TPSA) is 52.2 Å². The standard InChI is InChI=1S/C49H60N2O4.2ClH/c1-3-32-51(33-16-5-4-15-30-50-31-29-39-23-27-46(52-2)48(34-39)54-37-41-19-11-7-12-20-41)44-25-26-45-43(35-44)24-28-47(53-36-40-17-9-6-10-18-40)49(45)55-38-42-21-13-8-14-22-42;;/h6-14,17-24,27-28,34,44,50H,3-5,15-16,25-26,29-33,35-38H2,1-2H3;2*1H/t44-;;/m0../s1. The smallest absolute Gasteiger partial charge is 0.165 e. The van der Waals surface area contributed by atoms with Gasteiger partial charge in [-0.3, -0.25) is 0 Å². The largest absolute Gasteiger partial charge is 0.493 e. The molecule has 5 aromatic carbocycles. The number of methoxy groups -OCH3 is 1. The monoisotopic (exact) mass is 812 g/mol. The van der Waals surface area contributed by atoms with Gasteiger partial charge in [-0.25, -0.2) is 0 Å². The SMILES string of the molecule is CCCN(CCCCCCNCCc1ccc(OC)c(OCc2ccccc2)c1)[C@H]1CCc2c(ccc(OCc3ccccc3)c2OCc2ccccc2)C1.Cl.Cl. The maximum Gasteiger partial charge on any atom is 0.165 e. The second-order valence-corrected chi connectivity index (χ2v) is 14.7. The van der Waals surface area contributed by atoms with Crippen molar-refractivity contribution in [2.45, 2.75) is 90.6 Å². The van der Waals surface area contributed by atoms with E-state index in [1.807, 2.05) is 36.4 Å². The Morgan fingerprint density at radius 1 is 0.596 bits per heavy atom. The highest BCUT2D eigenvalue weighted by Gasteiger charge is 2.27. The number of nitrogens with zero attached hydrogens (tertiary/aromatic N) is 1. The third kappa shape index (κ3) is 14.3. The van der Waals surface area contributed by atoms with Gasteiger partial charge in [-0.15, -0.1) is 24.8 Å². The van der Waals surface area contributed by atoms with Crippen molar-refractivity contribution in [2.75, 3.05) is 33.3 Å². The fraction of sp³-hybridized carbons (Fsp3) is 0.388. The zero-order chi connectivity index (χ0) is 37.9. The molecule has 5 aromatic rings. The van der Waals surface area contributed by atoms with Gasteiger partial charge in [0, 0.05) is 11.6 Å². The van der Waals surface area contributed by atoms with E-state index < -0.39 is 0 Å². The summed E-state index contributed by atoms with van der Waals surface area (Å²) in [6.07, 6.45) is 10.4. The predicted molar refractivity (Wildman–Crippen MR) is 239 cm³/mol. The minimum Gasteiger partial charge on any atom is -0.493 e. The van der Waals surface area contributed by atoms with Crippen molar-refractivity contribution in [3.63, 3.8) is 0 Å². The first-order chi connectivity index (χ1) is 27.2. The summed E-state index contributed by atoms with van der Waals surface area (Å²) in [6, 6.07) is 42.3. The van der Waals surface area contributed by atoms with Gasteiger partial charge in [0.15, 0.2) is 23.0 Å². The molecule has 57 heavy (non-hydrogen) atoms. The second kappa shape index (κ2) is 25.2. The zero-order valence-electron chi connectivity index (χ0n) is 33.8. The first-order valence-corrected chi connectivity index (χ1v) is 20.5. The molecule has 0 fully saturated rings. The average molecular weight is 814 g/mol. The molecule has 0 heterocycles. The van der Waals surface area contributed by atoms with Crippen LogP contribution in [0, 0.1) is 0 Å². The minimum absolute atomic E-state index is 0. The van der Waals surface area contributed by atoms with E-state index in [4.69, 9.17) is 18.9 Å². The molecule has 0 saturated heterocycles. The zero-order valence-corrected chi connectivity index (χ0v) is 35.5. The molecule has 6 rings (SSSR count). The van der Waals surface area contributed by atoms with E-state index in [2.05, 4.69) is 102 Å². The molecule has 0 aromatic heterocycles. The molecule has 1 N–H and O–H groups in total. The Hall–Kier alpha value is -4.20. The van der Waals surface area contributed by atoms with Gasteiger partial charge in [0.25, 0.3) is 0 Å². The van der Waals surface area contributed by atoms with Crippen molar-refractivity contribution in [1.29, 1.82) is 0 Å². The van der Waals surface area contributed by atoms with Crippen molar-refractivity contribution in [2.24, 2.45) is 0 Å². The lowest BCUT2D eigenvalue weighted by Crippen LogP contribution is -2.40. The third-order valence-electron chi connectivity index (χ3n) is 10.6. The fourth-order valence-corrected chi connectivity index (χ4v) is 7.59. The number of rotatable bonds is 23. The summed E-state index contributed by atoms with van der Waals surface area (Å²) >= 11 is 0. The molecule has 0 saturated carbocycles. The highest BCUT2D eigenvalue weighted by Crippen LogP contribution is 2.40. The van der Waals surface area contributed by atoms with E-state index in [0.29, 0.717) is 25.9 Å². The maximum absolute atomic E-state index is 6.59. The molecule has 6 nitrogen and oxygen atoms in total. The first-order valence-electron chi connectivity index (χ1n) is 20.5. The molecule has 0 aliphatic heterocycles. The Kier molecular flexibility index (Phi) is 20.1. The molecule has 0 spiro atoms. The van der Waals surface area contributed by atoms with Gasteiger partial charge in [0.2, 0.25) is 0 Å². The number of hydrogen-bond donors (Lipinski definition) is 1. The molecule has 1 atom stereocenters. The molecular weight excluding hydrogens is 751 g/mol. The molecule has 0 bridgehead atoms. The van der Waals surface area contributed by atoms with E-state index in [0.717, 1.165) is 79.4 Å². The maximum atomic E-state index is 6.59. The Bertz CT molecular complexity index is 1850. The van der Waals surface area contributed by atoms with Gasteiger partial charge in [-0.1, -0.05) is 123 Å². The van der Waals surface area contributed by atoms with Gasteiger partial charge in [-0.2, -0.15) is 0 Å². The number of halogens is 2. The summed E-state index contributed by atoms with van der Waals surface area (Å²) in [7, 11) is 1.70. The predicted octanol–water partition coefficient (Wildman–Crippen LogP) is 11.2. The van der Waals surface area contributed by atoms with Gasteiger partial charge >= 0.3 is 0 Å². The highest BCUT2D eigenvalue weighted by molar-refractivity contribution is 5.85. The third-order valence-corrected chi connectivity index (χ3v) is 10.6. The average Bonchev–Trinajstić information content (AvgIpc) is 3.24. The number of hydrogen-bond acceptors (Lipinski definition) is 6. The van der Waals surface area contributed by atoms with Crippen LogP contribution in [0.4, 0.5) is 0 Å². The molecule has 306 valence electrons. The van der Waals surface area contributed by atoms with Crippen LogP contribution in [0.15, 0.2) is 121 Å². The Morgan fingerprint density at radius 3 is 1.82 bits per heavy atom. The van der Waals surface area contributed by atoms with Crippen LogP contribution in [0.25, 0.3) is 0 Å². The van der Waals surface area contributed by atoms with Gasteiger partial charge in [-0.05, 0) is 117 Å². The van der Waals surface area contributed by atoms with Crippen LogP contribution in [-0.4, -0.2) is 44.2 Å². The first kappa shape index (κ1) is 45.5. The van der Waals surface area contributed by atoms with Crippen LogP contribution in [-0.2, 0) is 39.1 Å². The number of unbranched alkanes of at least 4 members (excludes halogenated alkanes) is 3. The molecule has 1 aliphatic carbocycles. The van der Waals surface area contributed by atoms with Crippen molar-refractivity contribution in [3.8, 4) is 23.0 Å². The van der Waals surface area contributed by atoms with Crippen LogP contribution in [0.5, 0.6) is 23.0 Å². The van der Waals surface area contributed by atoms with E-state index >= 15 is 0 Å². The quantitative estimate of drug-likeness (QED) is 0.0663. The van der Waals surface area contributed by atoms with Gasteiger partial charge in [0.05, 0.1) is 7.11 Å². The Labute approximate surface area is 354 Å². The fourth-order valence-electron chi connectivity index (χ4n) is 7.59. The summed E-state index contributed by atoms with van der Waals surface area (Å²) in [5.74, 6) is 3.34. The van der Waals surface area contributed by atoms with Crippen LogP contribution >= 0.6 is 24.8 Å². The second-order valence-electron chi connectivity index (χ2n) is 14.7. The molecule has 1 aliphatic rings. The molecule has 0 radical (unpaired) electrons. The molecule has 0 unspecified atom stereocenters. The minimum atomic E-state index is 0. The number of benzene rings is 5. The van der Waals surface area contributed by atoms with Crippen molar-refractivity contribution in [3.05, 3.63) is 155 Å². The van der Waals surface area contributed by atoms with Crippen LogP contribution in [0.3, 0.4) is 0 Å². The lowest BCUT2D eigenvalue weighted by molar-refractivity contribution is 0.174. The van der Waals surface area contributed by atoms with Crippen LogP contribution < -0.4 is 24.3 Å². The van der Waals surface area contributed by atoms with E-state index in [1.165, 1.54) is 60.9 Å². The van der Waals surface area contributed by atoms with Crippen LogP contribution in [0.2, 0.25) is 0 Å². The van der Waals surface area contributed by atoms with E-state index in [9.17, 15) is 0 Å². The molecule has 0 amide bonds. The summed E-state index contributed by atoms with van der Waals surface area (Å²) < 4.78 is 24.7. The lowest BCUT2D eigenvalue weighted by atomic mass is 9.86. The number of ether oxygens (including phenoxy) is 4.